The van der Waals surface area contributed by atoms with Crippen molar-refractivity contribution >= 4 is 34.6 Å². The molecule has 2 aromatic rings. The summed E-state index contributed by atoms with van der Waals surface area (Å²) in [6, 6.07) is 10.4. The summed E-state index contributed by atoms with van der Waals surface area (Å²) in [6.07, 6.45) is 0.654. The highest BCUT2D eigenvalue weighted by Crippen LogP contribution is 2.26. The first-order chi connectivity index (χ1) is 9.97. The molecule has 110 valence electrons. The minimum atomic E-state index is -0.384. The van der Waals surface area contributed by atoms with E-state index in [1.807, 2.05) is 19.1 Å². The van der Waals surface area contributed by atoms with E-state index in [2.05, 4.69) is 5.32 Å². The summed E-state index contributed by atoms with van der Waals surface area (Å²) in [5.41, 5.74) is 2.39. The minimum Gasteiger partial charge on any atom is -0.379 e. The van der Waals surface area contributed by atoms with Crippen LogP contribution < -0.4 is 5.32 Å². The van der Waals surface area contributed by atoms with Crippen LogP contribution in [0.2, 0.25) is 10.0 Å². The van der Waals surface area contributed by atoms with Crippen LogP contribution in [0, 0.1) is 17.0 Å². The van der Waals surface area contributed by atoms with Crippen molar-refractivity contribution in [2.24, 2.45) is 0 Å². The van der Waals surface area contributed by atoms with E-state index in [0.29, 0.717) is 28.7 Å². The summed E-state index contributed by atoms with van der Waals surface area (Å²) < 4.78 is 0. The van der Waals surface area contributed by atoms with E-state index in [1.165, 1.54) is 0 Å². The first-order valence-electron chi connectivity index (χ1n) is 6.40. The number of rotatable bonds is 5. The molecule has 1 N–H and O–H groups in total. The third-order valence-corrected chi connectivity index (χ3v) is 3.66. The second-order valence-corrected chi connectivity index (χ2v) is 5.53. The molecule has 0 aliphatic heterocycles. The highest BCUT2D eigenvalue weighted by atomic mass is 35.5. The third-order valence-electron chi connectivity index (χ3n) is 3.07. The zero-order chi connectivity index (χ0) is 15.4. The van der Waals surface area contributed by atoms with Crippen molar-refractivity contribution in [1.29, 1.82) is 0 Å². The van der Waals surface area contributed by atoms with Crippen LogP contribution in [0.4, 0.5) is 11.4 Å². The average molecular weight is 325 g/mol. The first-order valence-corrected chi connectivity index (χ1v) is 7.16. The second kappa shape index (κ2) is 6.78. The monoisotopic (exact) mass is 324 g/mol. The Balaban J connectivity index is 2.05. The van der Waals surface area contributed by atoms with Gasteiger partial charge < -0.3 is 5.32 Å². The van der Waals surface area contributed by atoms with Crippen molar-refractivity contribution in [1.82, 2.24) is 0 Å². The number of nitrogens with one attached hydrogen (secondary N) is 1. The predicted octanol–water partition coefficient (Wildman–Crippen LogP) is 4.86. The molecule has 0 atom stereocenters. The van der Waals surface area contributed by atoms with E-state index in [-0.39, 0.29) is 10.6 Å². The lowest BCUT2D eigenvalue weighted by molar-refractivity contribution is -0.384. The number of nitro benzene ring substituents is 1. The predicted molar refractivity (Wildman–Crippen MR) is 86.5 cm³/mol. The number of hydrogen-bond acceptors (Lipinski definition) is 3. The molecule has 2 rings (SSSR count). The molecule has 0 bridgehead atoms. The highest BCUT2D eigenvalue weighted by molar-refractivity contribution is 6.35. The Morgan fingerprint density at radius 2 is 1.95 bits per heavy atom. The average Bonchev–Trinajstić information content (AvgIpc) is 2.42. The van der Waals surface area contributed by atoms with E-state index >= 15 is 0 Å². The highest BCUT2D eigenvalue weighted by Gasteiger charge is 2.13. The Morgan fingerprint density at radius 3 is 2.62 bits per heavy atom. The molecule has 0 saturated heterocycles. The van der Waals surface area contributed by atoms with Crippen LogP contribution >= 0.6 is 23.2 Å². The van der Waals surface area contributed by atoms with E-state index in [1.54, 1.807) is 24.3 Å². The van der Waals surface area contributed by atoms with Crippen molar-refractivity contribution in [2.75, 3.05) is 11.9 Å². The summed E-state index contributed by atoms with van der Waals surface area (Å²) in [5, 5.41) is 15.3. The van der Waals surface area contributed by atoms with Gasteiger partial charge in [0, 0.05) is 22.7 Å². The van der Waals surface area contributed by atoms with Crippen molar-refractivity contribution < 1.29 is 4.92 Å². The van der Waals surface area contributed by atoms with Gasteiger partial charge in [0.2, 0.25) is 0 Å². The third kappa shape index (κ3) is 4.09. The minimum absolute atomic E-state index is 0.0807. The van der Waals surface area contributed by atoms with Crippen LogP contribution in [0.1, 0.15) is 11.1 Å². The number of nitrogens with zero attached hydrogens (tertiary/aromatic N) is 1. The van der Waals surface area contributed by atoms with Crippen LogP contribution in [0.3, 0.4) is 0 Å². The lowest BCUT2D eigenvalue weighted by Crippen LogP contribution is -2.07. The number of nitro groups is 1. The Bertz CT molecular complexity index is 675. The fraction of sp³-hybridized carbons (Fsp3) is 0.200. The summed E-state index contributed by atoms with van der Waals surface area (Å²) in [7, 11) is 0. The van der Waals surface area contributed by atoms with Gasteiger partial charge in [-0.3, -0.25) is 10.1 Å². The largest absolute Gasteiger partial charge is 0.379 e. The number of hydrogen-bond donors (Lipinski definition) is 1. The lowest BCUT2D eigenvalue weighted by atomic mass is 10.1. The van der Waals surface area contributed by atoms with Gasteiger partial charge in [0.05, 0.1) is 4.92 Å². The van der Waals surface area contributed by atoms with Crippen LogP contribution in [-0.4, -0.2) is 11.5 Å². The summed E-state index contributed by atoms with van der Waals surface area (Å²) in [6.45, 7) is 2.37. The maximum Gasteiger partial charge on any atom is 0.292 e. The molecule has 0 aromatic heterocycles. The van der Waals surface area contributed by atoms with E-state index < -0.39 is 0 Å². The van der Waals surface area contributed by atoms with Crippen LogP contribution in [0.25, 0.3) is 0 Å². The molecule has 0 aliphatic rings. The fourth-order valence-electron chi connectivity index (χ4n) is 2.00. The SMILES string of the molecule is Cc1ccc(NCCc2ccc(Cl)cc2Cl)c([N+](=O)[O-])c1. The van der Waals surface area contributed by atoms with Gasteiger partial charge in [-0.15, -0.1) is 0 Å². The first kappa shape index (κ1) is 15.6. The molecule has 21 heavy (non-hydrogen) atoms. The second-order valence-electron chi connectivity index (χ2n) is 4.69. The van der Waals surface area contributed by atoms with Gasteiger partial charge in [-0.25, -0.2) is 0 Å². The Kier molecular flexibility index (Phi) is 5.04. The molecule has 0 saturated carbocycles. The molecule has 0 heterocycles. The molecule has 2 aromatic carbocycles. The molecule has 0 radical (unpaired) electrons. The van der Waals surface area contributed by atoms with Gasteiger partial charge in [-0.2, -0.15) is 0 Å². The number of aryl methyl sites for hydroxylation is 1. The van der Waals surface area contributed by atoms with Crippen LogP contribution in [0.15, 0.2) is 36.4 Å². The van der Waals surface area contributed by atoms with Gasteiger partial charge in [0.25, 0.3) is 5.69 Å². The van der Waals surface area contributed by atoms with E-state index in [0.717, 1.165) is 11.1 Å². The summed E-state index contributed by atoms with van der Waals surface area (Å²) >= 11 is 11.9. The Morgan fingerprint density at radius 1 is 1.19 bits per heavy atom. The maximum atomic E-state index is 11.0. The molecule has 4 nitrogen and oxygen atoms in total. The topological polar surface area (TPSA) is 55.2 Å². The molecule has 0 amide bonds. The smallest absolute Gasteiger partial charge is 0.292 e. The standard InChI is InChI=1S/C15H14Cl2N2O2/c1-10-2-5-14(15(8-10)19(20)21)18-7-6-11-3-4-12(16)9-13(11)17/h2-5,8-9,18H,6-7H2,1H3. The van der Waals surface area contributed by atoms with Crippen molar-refractivity contribution in [2.45, 2.75) is 13.3 Å². The van der Waals surface area contributed by atoms with Gasteiger partial charge in [0.1, 0.15) is 5.69 Å². The lowest BCUT2D eigenvalue weighted by Gasteiger charge is -2.09. The normalized spacial score (nSPS) is 10.4. The van der Waals surface area contributed by atoms with Gasteiger partial charge in [-0.1, -0.05) is 35.3 Å². The molecular weight excluding hydrogens is 311 g/mol. The maximum absolute atomic E-state index is 11.0. The Labute approximate surface area is 132 Å². The Hall–Kier alpha value is -1.78. The van der Waals surface area contributed by atoms with E-state index in [4.69, 9.17) is 23.2 Å². The summed E-state index contributed by atoms with van der Waals surface area (Å²) in [5.74, 6) is 0. The van der Waals surface area contributed by atoms with E-state index in [9.17, 15) is 10.1 Å². The fourth-order valence-corrected chi connectivity index (χ4v) is 2.50. The quantitative estimate of drug-likeness (QED) is 0.630. The van der Waals surface area contributed by atoms with Gasteiger partial charge >= 0.3 is 0 Å². The van der Waals surface area contributed by atoms with Crippen LogP contribution in [0.5, 0.6) is 0 Å². The van der Waals surface area contributed by atoms with Crippen molar-refractivity contribution in [3.05, 3.63) is 67.7 Å². The molecule has 0 aliphatic carbocycles. The molecular formula is C15H14Cl2N2O2. The molecule has 6 heteroatoms. The van der Waals surface area contributed by atoms with Crippen LogP contribution in [-0.2, 0) is 6.42 Å². The number of benzene rings is 2. The van der Waals surface area contributed by atoms with Gasteiger partial charge in [-0.05, 0) is 42.7 Å². The summed E-state index contributed by atoms with van der Waals surface area (Å²) in [4.78, 5) is 10.6. The van der Waals surface area contributed by atoms with Crippen molar-refractivity contribution in [3.8, 4) is 0 Å². The molecule has 0 unspecified atom stereocenters. The van der Waals surface area contributed by atoms with Gasteiger partial charge in [0.15, 0.2) is 0 Å². The molecule has 0 spiro atoms. The number of halogens is 2. The zero-order valence-corrected chi connectivity index (χ0v) is 12.9. The van der Waals surface area contributed by atoms with Crippen molar-refractivity contribution in [3.63, 3.8) is 0 Å². The zero-order valence-electron chi connectivity index (χ0n) is 11.4. The molecule has 0 fully saturated rings. The number of anilines is 1.